The summed E-state index contributed by atoms with van der Waals surface area (Å²) in [5.74, 6) is 1.55. The molecule has 112 valence electrons. The molecule has 2 rings (SSSR count). The van der Waals surface area contributed by atoms with Gasteiger partial charge in [0.05, 0.1) is 11.0 Å². The van der Waals surface area contributed by atoms with E-state index in [2.05, 4.69) is 6.92 Å². The average molecular weight is 297 g/mol. The van der Waals surface area contributed by atoms with E-state index in [9.17, 15) is 8.42 Å². The maximum Gasteiger partial charge on any atom is 0.238 e. The summed E-state index contributed by atoms with van der Waals surface area (Å²) in [6.07, 6.45) is 4.76. The molecule has 0 spiro atoms. The highest BCUT2D eigenvalue weighted by atomic mass is 32.2. The molecule has 1 aliphatic rings. The Bertz CT molecular complexity index is 587. The molecule has 0 heterocycles. The highest BCUT2D eigenvalue weighted by Crippen LogP contribution is 2.30. The maximum atomic E-state index is 11.5. The topological polar surface area (TPSA) is 69.4 Å². The quantitative estimate of drug-likeness (QED) is 0.932. The number of benzene rings is 1. The second kappa shape index (κ2) is 5.74. The van der Waals surface area contributed by atoms with E-state index in [1.807, 2.05) is 6.92 Å². The van der Waals surface area contributed by atoms with Crippen LogP contribution < -0.4 is 9.88 Å². The summed E-state index contributed by atoms with van der Waals surface area (Å²) in [4.78, 5) is 0.180. The highest BCUT2D eigenvalue weighted by molar-refractivity contribution is 7.89. The van der Waals surface area contributed by atoms with Gasteiger partial charge in [-0.3, -0.25) is 0 Å². The Balaban J connectivity index is 2.19. The van der Waals surface area contributed by atoms with Crippen molar-refractivity contribution in [1.82, 2.24) is 0 Å². The lowest BCUT2D eigenvalue weighted by Gasteiger charge is -2.27. The van der Waals surface area contributed by atoms with E-state index in [0.29, 0.717) is 5.56 Å². The van der Waals surface area contributed by atoms with E-state index in [1.165, 1.54) is 12.8 Å². The number of aryl methyl sites for hydroxylation is 2. The molecule has 1 saturated carbocycles. The molecule has 2 N–H and O–H groups in total. The average Bonchev–Trinajstić information content (AvgIpc) is 2.35. The van der Waals surface area contributed by atoms with Crippen molar-refractivity contribution in [3.05, 3.63) is 23.3 Å². The summed E-state index contributed by atoms with van der Waals surface area (Å²) in [5, 5.41) is 5.21. The first-order chi connectivity index (χ1) is 9.27. The van der Waals surface area contributed by atoms with Crippen molar-refractivity contribution in [2.45, 2.75) is 57.5 Å². The number of primary sulfonamides is 1. The Kier molecular flexibility index (Phi) is 4.39. The second-order valence-corrected chi connectivity index (χ2v) is 7.46. The van der Waals surface area contributed by atoms with Crippen LogP contribution in [-0.4, -0.2) is 14.5 Å². The molecular formula is C15H23NO3S. The molecule has 0 aromatic heterocycles. The normalized spacial score (nSPS) is 23.6. The first-order valence-electron chi connectivity index (χ1n) is 7.08. The third-order valence-electron chi connectivity index (χ3n) is 4.04. The predicted molar refractivity (Wildman–Crippen MR) is 79.3 cm³/mol. The molecule has 0 aliphatic heterocycles. The zero-order valence-electron chi connectivity index (χ0n) is 12.3. The molecule has 1 aliphatic carbocycles. The molecule has 1 aromatic carbocycles. The molecule has 0 unspecified atom stereocenters. The lowest BCUT2D eigenvalue weighted by molar-refractivity contribution is 0.134. The first-order valence-corrected chi connectivity index (χ1v) is 8.62. The van der Waals surface area contributed by atoms with Crippen molar-refractivity contribution >= 4 is 10.0 Å². The standard InChI is InChI=1S/C15H23NO3S/c1-10-4-6-13(7-5-10)19-14-8-12(3)15(9-11(14)2)20(16,17)18/h8-10,13H,4-7H2,1-3H3,(H2,16,17,18). The van der Waals surface area contributed by atoms with Gasteiger partial charge in [0.15, 0.2) is 0 Å². The van der Waals surface area contributed by atoms with Gasteiger partial charge in [-0.1, -0.05) is 6.92 Å². The first kappa shape index (κ1) is 15.3. The fraction of sp³-hybridized carbons (Fsp3) is 0.600. The van der Waals surface area contributed by atoms with Gasteiger partial charge in [-0.15, -0.1) is 0 Å². The van der Waals surface area contributed by atoms with Crippen LogP contribution in [0.25, 0.3) is 0 Å². The van der Waals surface area contributed by atoms with Crippen molar-refractivity contribution in [3.8, 4) is 5.75 Å². The van der Waals surface area contributed by atoms with E-state index < -0.39 is 10.0 Å². The van der Waals surface area contributed by atoms with Gasteiger partial charge in [0.25, 0.3) is 0 Å². The lowest BCUT2D eigenvalue weighted by Crippen LogP contribution is -2.23. The monoisotopic (exact) mass is 297 g/mol. The molecular weight excluding hydrogens is 274 g/mol. The van der Waals surface area contributed by atoms with Gasteiger partial charge >= 0.3 is 0 Å². The fourth-order valence-corrected chi connectivity index (χ4v) is 3.57. The Hall–Kier alpha value is -1.07. The van der Waals surface area contributed by atoms with Crippen LogP contribution in [0.15, 0.2) is 17.0 Å². The van der Waals surface area contributed by atoms with Gasteiger partial charge in [0.1, 0.15) is 5.75 Å². The van der Waals surface area contributed by atoms with Crippen LogP contribution in [0.1, 0.15) is 43.7 Å². The minimum Gasteiger partial charge on any atom is -0.490 e. The van der Waals surface area contributed by atoms with Gasteiger partial charge in [0, 0.05) is 0 Å². The Morgan fingerprint density at radius 2 is 1.70 bits per heavy atom. The summed E-state index contributed by atoms with van der Waals surface area (Å²) < 4.78 is 29.0. The van der Waals surface area contributed by atoms with Gasteiger partial charge in [-0.25, -0.2) is 13.6 Å². The highest BCUT2D eigenvalue weighted by Gasteiger charge is 2.21. The molecule has 5 heteroatoms. The fourth-order valence-electron chi connectivity index (χ4n) is 2.72. The Morgan fingerprint density at radius 3 is 2.25 bits per heavy atom. The predicted octanol–water partition coefficient (Wildman–Crippen LogP) is 2.91. The van der Waals surface area contributed by atoms with E-state index in [0.717, 1.165) is 30.1 Å². The minimum atomic E-state index is -3.67. The van der Waals surface area contributed by atoms with Crippen LogP contribution in [0, 0.1) is 19.8 Å². The molecule has 0 atom stereocenters. The molecule has 0 bridgehead atoms. The molecule has 0 amide bonds. The number of rotatable bonds is 3. The number of ether oxygens (including phenoxy) is 1. The number of hydrogen-bond donors (Lipinski definition) is 1. The lowest BCUT2D eigenvalue weighted by atomic mass is 9.89. The van der Waals surface area contributed by atoms with Crippen LogP contribution in [0.5, 0.6) is 5.75 Å². The van der Waals surface area contributed by atoms with Crippen LogP contribution in [0.3, 0.4) is 0 Å². The summed E-state index contributed by atoms with van der Waals surface area (Å²) >= 11 is 0. The van der Waals surface area contributed by atoms with Crippen molar-refractivity contribution in [1.29, 1.82) is 0 Å². The summed E-state index contributed by atoms with van der Waals surface area (Å²) in [6, 6.07) is 3.39. The van der Waals surface area contributed by atoms with Gasteiger partial charge < -0.3 is 4.74 Å². The number of sulfonamides is 1. The molecule has 1 fully saturated rings. The van der Waals surface area contributed by atoms with Crippen LogP contribution in [-0.2, 0) is 10.0 Å². The van der Waals surface area contributed by atoms with Crippen LogP contribution in [0.2, 0.25) is 0 Å². The summed E-state index contributed by atoms with van der Waals surface area (Å²) in [6.45, 7) is 5.87. The summed E-state index contributed by atoms with van der Waals surface area (Å²) in [7, 11) is -3.67. The van der Waals surface area contributed by atoms with E-state index in [4.69, 9.17) is 9.88 Å². The smallest absolute Gasteiger partial charge is 0.238 e. The molecule has 0 saturated heterocycles. The third-order valence-corrected chi connectivity index (χ3v) is 5.09. The Labute approximate surface area is 121 Å². The minimum absolute atomic E-state index is 0.180. The molecule has 1 aromatic rings. The SMILES string of the molecule is Cc1cc(S(N)(=O)=O)c(C)cc1OC1CCC(C)CC1. The van der Waals surface area contributed by atoms with Gasteiger partial charge in [-0.2, -0.15) is 0 Å². The van der Waals surface area contributed by atoms with E-state index in [-0.39, 0.29) is 11.0 Å². The zero-order valence-corrected chi connectivity index (χ0v) is 13.2. The van der Waals surface area contributed by atoms with Gasteiger partial charge in [0.2, 0.25) is 10.0 Å². The van der Waals surface area contributed by atoms with Crippen molar-refractivity contribution in [3.63, 3.8) is 0 Å². The maximum absolute atomic E-state index is 11.5. The van der Waals surface area contributed by atoms with Crippen LogP contribution >= 0.6 is 0 Å². The van der Waals surface area contributed by atoms with Crippen molar-refractivity contribution < 1.29 is 13.2 Å². The molecule has 0 radical (unpaired) electrons. The second-order valence-electron chi connectivity index (χ2n) is 5.93. The third kappa shape index (κ3) is 3.52. The number of nitrogens with two attached hydrogens (primary N) is 1. The van der Waals surface area contributed by atoms with Crippen molar-refractivity contribution in [2.75, 3.05) is 0 Å². The van der Waals surface area contributed by atoms with E-state index in [1.54, 1.807) is 19.1 Å². The molecule has 20 heavy (non-hydrogen) atoms. The van der Waals surface area contributed by atoms with Crippen LogP contribution in [0.4, 0.5) is 0 Å². The Morgan fingerprint density at radius 1 is 1.10 bits per heavy atom. The molecule has 4 nitrogen and oxygen atoms in total. The number of hydrogen-bond acceptors (Lipinski definition) is 3. The van der Waals surface area contributed by atoms with Crippen molar-refractivity contribution in [2.24, 2.45) is 11.1 Å². The van der Waals surface area contributed by atoms with E-state index >= 15 is 0 Å². The zero-order chi connectivity index (χ0) is 14.9. The van der Waals surface area contributed by atoms with Gasteiger partial charge in [-0.05, 0) is 68.7 Å². The largest absolute Gasteiger partial charge is 0.490 e. The summed E-state index contributed by atoms with van der Waals surface area (Å²) in [5.41, 5.74) is 1.45.